The standard InChI is InChI=1S/C15H11NO3S/c17-12-7-3-1-5-10(12)13(18)9-20-15-16-11-6-2-4-8-14(11)19-15/h1-8,17H,9H2. The van der Waals surface area contributed by atoms with Crippen molar-refractivity contribution in [3.05, 3.63) is 54.1 Å². The van der Waals surface area contributed by atoms with Gasteiger partial charge in [-0.25, -0.2) is 4.98 Å². The molecule has 0 saturated carbocycles. The van der Waals surface area contributed by atoms with Crippen LogP contribution in [0.25, 0.3) is 11.1 Å². The predicted molar refractivity (Wildman–Crippen MR) is 77.2 cm³/mol. The van der Waals surface area contributed by atoms with Gasteiger partial charge < -0.3 is 9.52 Å². The lowest BCUT2D eigenvalue weighted by molar-refractivity contribution is 0.101. The molecule has 0 saturated heterocycles. The van der Waals surface area contributed by atoms with E-state index in [2.05, 4.69) is 4.98 Å². The van der Waals surface area contributed by atoms with Gasteiger partial charge >= 0.3 is 0 Å². The molecule has 4 nitrogen and oxygen atoms in total. The van der Waals surface area contributed by atoms with Crippen LogP contribution in [0.1, 0.15) is 10.4 Å². The molecule has 3 rings (SSSR count). The molecule has 0 fully saturated rings. The van der Waals surface area contributed by atoms with Crippen molar-refractivity contribution in [3.8, 4) is 5.75 Å². The Kier molecular flexibility index (Phi) is 3.43. The van der Waals surface area contributed by atoms with E-state index < -0.39 is 0 Å². The normalized spacial score (nSPS) is 10.8. The first-order valence-corrected chi connectivity index (χ1v) is 7.02. The highest BCUT2D eigenvalue weighted by molar-refractivity contribution is 7.99. The number of carbonyl (C=O) groups excluding carboxylic acids is 1. The molecule has 2 aromatic carbocycles. The fraction of sp³-hybridized carbons (Fsp3) is 0.0667. The van der Waals surface area contributed by atoms with Crippen LogP contribution >= 0.6 is 11.8 Å². The largest absolute Gasteiger partial charge is 0.507 e. The number of nitrogens with zero attached hydrogens (tertiary/aromatic N) is 1. The maximum absolute atomic E-state index is 12.0. The van der Waals surface area contributed by atoms with E-state index in [1.54, 1.807) is 18.2 Å². The number of aromatic nitrogens is 1. The van der Waals surface area contributed by atoms with Gasteiger partial charge in [-0.1, -0.05) is 36.0 Å². The summed E-state index contributed by atoms with van der Waals surface area (Å²) in [5.41, 5.74) is 1.78. The Morgan fingerprint density at radius 2 is 1.90 bits per heavy atom. The number of ketones is 1. The van der Waals surface area contributed by atoms with Crippen LogP contribution in [0.3, 0.4) is 0 Å². The summed E-state index contributed by atoms with van der Waals surface area (Å²) in [5, 5.41) is 10.1. The highest BCUT2D eigenvalue weighted by Crippen LogP contribution is 2.25. The van der Waals surface area contributed by atoms with E-state index in [1.165, 1.54) is 17.8 Å². The number of rotatable bonds is 4. The van der Waals surface area contributed by atoms with Crippen LogP contribution in [0.2, 0.25) is 0 Å². The molecular formula is C15H11NO3S. The molecule has 0 amide bonds. The second-order valence-electron chi connectivity index (χ2n) is 4.18. The molecule has 0 spiro atoms. The van der Waals surface area contributed by atoms with Crippen molar-refractivity contribution in [2.75, 3.05) is 5.75 Å². The molecule has 0 unspecified atom stereocenters. The maximum Gasteiger partial charge on any atom is 0.257 e. The lowest BCUT2D eigenvalue weighted by Gasteiger charge is -2.01. The number of thioether (sulfide) groups is 1. The first-order chi connectivity index (χ1) is 9.74. The van der Waals surface area contributed by atoms with Gasteiger partial charge in [0.1, 0.15) is 11.3 Å². The summed E-state index contributed by atoms with van der Waals surface area (Å²) in [6.07, 6.45) is 0. The molecule has 100 valence electrons. The molecule has 0 atom stereocenters. The highest BCUT2D eigenvalue weighted by Gasteiger charge is 2.13. The third-order valence-corrected chi connectivity index (χ3v) is 3.63. The minimum Gasteiger partial charge on any atom is -0.507 e. The van der Waals surface area contributed by atoms with Gasteiger partial charge in [0.25, 0.3) is 5.22 Å². The van der Waals surface area contributed by atoms with Gasteiger partial charge in [0, 0.05) is 0 Å². The number of oxazole rings is 1. The van der Waals surface area contributed by atoms with Crippen molar-refractivity contribution in [1.29, 1.82) is 0 Å². The van der Waals surface area contributed by atoms with E-state index in [1.807, 2.05) is 24.3 Å². The Morgan fingerprint density at radius 1 is 1.15 bits per heavy atom. The molecule has 0 aliphatic rings. The summed E-state index contributed by atoms with van der Waals surface area (Å²) >= 11 is 1.22. The molecule has 0 aliphatic carbocycles. The predicted octanol–water partition coefficient (Wildman–Crippen LogP) is 3.51. The van der Waals surface area contributed by atoms with Gasteiger partial charge in [0.05, 0.1) is 11.3 Å². The number of fused-ring (bicyclic) bond motifs is 1. The molecule has 20 heavy (non-hydrogen) atoms. The summed E-state index contributed by atoms with van der Waals surface area (Å²) in [7, 11) is 0. The fourth-order valence-corrected chi connectivity index (χ4v) is 2.55. The van der Waals surface area contributed by atoms with Crippen LogP contribution in [-0.2, 0) is 0 Å². The van der Waals surface area contributed by atoms with Crippen LogP contribution in [0.15, 0.2) is 58.2 Å². The third kappa shape index (κ3) is 2.53. The number of Topliss-reactive ketones (excluding diaryl/α,β-unsaturated/α-hetero) is 1. The number of benzene rings is 2. The maximum atomic E-state index is 12.0. The molecule has 0 radical (unpaired) electrons. The second kappa shape index (κ2) is 5.38. The third-order valence-electron chi connectivity index (χ3n) is 2.81. The molecule has 5 heteroatoms. The Labute approximate surface area is 119 Å². The first kappa shape index (κ1) is 12.7. The lowest BCUT2D eigenvalue weighted by Crippen LogP contribution is -2.02. The summed E-state index contributed by atoms with van der Waals surface area (Å²) in [6.45, 7) is 0. The smallest absolute Gasteiger partial charge is 0.257 e. The summed E-state index contributed by atoms with van der Waals surface area (Å²) in [6, 6.07) is 13.9. The number of phenols is 1. The van der Waals surface area contributed by atoms with Gasteiger partial charge in [-0.15, -0.1) is 0 Å². The Hall–Kier alpha value is -2.27. The van der Waals surface area contributed by atoms with E-state index in [4.69, 9.17) is 4.42 Å². The molecule has 1 aromatic heterocycles. The minimum absolute atomic E-state index is 0.00401. The van der Waals surface area contributed by atoms with Crippen LogP contribution in [0.4, 0.5) is 0 Å². The monoisotopic (exact) mass is 285 g/mol. The Balaban J connectivity index is 1.73. The van der Waals surface area contributed by atoms with Crippen LogP contribution in [-0.4, -0.2) is 21.6 Å². The summed E-state index contributed by atoms with van der Waals surface area (Å²) in [5.74, 6) is 0.00994. The van der Waals surface area contributed by atoms with E-state index >= 15 is 0 Å². The van der Waals surface area contributed by atoms with Gasteiger partial charge in [0.2, 0.25) is 0 Å². The molecular weight excluding hydrogens is 274 g/mol. The quantitative estimate of drug-likeness (QED) is 0.587. The molecule has 1 N–H and O–H groups in total. The van der Waals surface area contributed by atoms with Gasteiger partial charge in [-0.05, 0) is 24.3 Å². The minimum atomic E-state index is -0.157. The van der Waals surface area contributed by atoms with Crippen molar-refractivity contribution in [2.24, 2.45) is 0 Å². The van der Waals surface area contributed by atoms with Crippen molar-refractivity contribution < 1.29 is 14.3 Å². The number of para-hydroxylation sites is 3. The number of aromatic hydroxyl groups is 1. The van der Waals surface area contributed by atoms with Gasteiger partial charge in [-0.3, -0.25) is 4.79 Å². The summed E-state index contributed by atoms with van der Waals surface area (Å²) < 4.78 is 5.52. The SMILES string of the molecule is O=C(CSc1nc2ccccc2o1)c1ccccc1O. The second-order valence-corrected chi connectivity index (χ2v) is 5.10. The molecule has 3 aromatic rings. The number of phenolic OH excluding ortho intramolecular Hbond substituents is 1. The van der Waals surface area contributed by atoms with Crippen molar-refractivity contribution >= 4 is 28.6 Å². The Morgan fingerprint density at radius 3 is 2.70 bits per heavy atom. The van der Waals surface area contributed by atoms with E-state index in [0.717, 1.165) is 5.52 Å². The van der Waals surface area contributed by atoms with Gasteiger partial charge in [-0.2, -0.15) is 0 Å². The van der Waals surface area contributed by atoms with Gasteiger partial charge in [0.15, 0.2) is 11.4 Å². The topological polar surface area (TPSA) is 63.3 Å². The van der Waals surface area contributed by atoms with Crippen LogP contribution < -0.4 is 0 Å². The van der Waals surface area contributed by atoms with E-state index in [0.29, 0.717) is 16.4 Å². The van der Waals surface area contributed by atoms with Crippen molar-refractivity contribution in [2.45, 2.75) is 5.22 Å². The fourth-order valence-electron chi connectivity index (χ4n) is 1.83. The molecule has 0 aliphatic heterocycles. The number of hydrogen-bond acceptors (Lipinski definition) is 5. The van der Waals surface area contributed by atoms with Crippen LogP contribution in [0, 0.1) is 0 Å². The highest BCUT2D eigenvalue weighted by atomic mass is 32.2. The van der Waals surface area contributed by atoms with Crippen LogP contribution in [0.5, 0.6) is 5.75 Å². The van der Waals surface area contributed by atoms with Crippen molar-refractivity contribution in [1.82, 2.24) is 4.98 Å². The molecule has 1 heterocycles. The molecule has 0 bridgehead atoms. The Bertz CT molecular complexity index is 733. The zero-order valence-corrected chi connectivity index (χ0v) is 11.3. The first-order valence-electron chi connectivity index (χ1n) is 6.03. The van der Waals surface area contributed by atoms with E-state index in [-0.39, 0.29) is 17.3 Å². The number of carbonyl (C=O) groups is 1. The average Bonchev–Trinajstić information content (AvgIpc) is 2.88. The number of hydrogen-bond donors (Lipinski definition) is 1. The zero-order chi connectivity index (χ0) is 13.9. The lowest BCUT2D eigenvalue weighted by atomic mass is 10.1. The van der Waals surface area contributed by atoms with Crippen molar-refractivity contribution in [3.63, 3.8) is 0 Å². The zero-order valence-electron chi connectivity index (χ0n) is 10.4. The average molecular weight is 285 g/mol. The van der Waals surface area contributed by atoms with E-state index in [9.17, 15) is 9.90 Å². The summed E-state index contributed by atoms with van der Waals surface area (Å²) in [4.78, 5) is 16.3.